The molecule has 1 unspecified atom stereocenters. The second-order valence-corrected chi connectivity index (χ2v) is 5.97. The minimum atomic E-state index is -1.06. The lowest BCUT2D eigenvalue weighted by atomic mass is 10.3. The molecular formula is C12H12Br2N2O4. The summed E-state index contributed by atoms with van der Waals surface area (Å²) in [7, 11) is 0. The molecule has 2 N–H and O–H groups in total. The first kappa shape index (κ1) is 15.3. The van der Waals surface area contributed by atoms with E-state index in [1.54, 1.807) is 12.1 Å². The fourth-order valence-electron chi connectivity index (χ4n) is 1.77. The Morgan fingerprint density at radius 3 is 2.85 bits per heavy atom. The van der Waals surface area contributed by atoms with Gasteiger partial charge in [0.25, 0.3) is 0 Å². The normalized spacial score (nSPS) is 18.7. The minimum absolute atomic E-state index is 0.0345. The molecule has 0 radical (unpaired) electrons. The molecule has 1 aromatic rings. The predicted octanol–water partition coefficient (Wildman–Crippen LogP) is 2.53. The Morgan fingerprint density at radius 1 is 1.40 bits per heavy atom. The van der Waals surface area contributed by atoms with E-state index in [0.717, 1.165) is 8.95 Å². The second-order valence-electron chi connectivity index (χ2n) is 4.20. The van der Waals surface area contributed by atoms with Gasteiger partial charge < -0.3 is 20.1 Å². The maximum absolute atomic E-state index is 12.1. The molecule has 1 saturated heterocycles. The number of benzene rings is 1. The van der Waals surface area contributed by atoms with E-state index in [0.29, 0.717) is 12.2 Å². The van der Waals surface area contributed by atoms with Gasteiger partial charge in [-0.2, -0.15) is 0 Å². The van der Waals surface area contributed by atoms with E-state index in [1.165, 1.54) is 4.90 Å². The number of aliphatic carboxylic acids is 1. The molecule has 2 amide bonds. The van der Waals surface area contributed by atoms with Gasteiger partial charge >= 0.3 is 12.0 Å². The number of carboxylic acid groups (broad SMARTS) is 1. The van der Waals surface area contributed by atoms with Crippen LogP contribution in [0.25, 0.3) is 0 Å². The highest BCUT2D eigenvalue weighted by Gasteiger charge is 2.29. The maximum atomic E-state index is 12.1. The third kappa shape index (κ3) is 3.71. The highest BCUT2D eigenvalue weighted by Crippen LogP contribution is 2.26. The van der Waals surface area contributed by atoms with Crippen LogP contribution in [-0.4, -0.2) is 47.8 Å². The topological polar surface area (TPSA) is 78.9 Å². The molecule has 1 fully saturated rings. The molecule has 8 heteroatoms. The second kappa shape index (κ2) is 6.55. The quantitative estimate of drug-likeness (QED) is 0.789. The molecule has 1 aliphatic rings. The van der Waals surface area contributed by atoms with Crippen molar-refractivity contribution in [2.24, 2.45) is 0 Å². The number of hydrogen-bond donors (Lipinski definition) is 2. The number of carbonyl (C=O) groups is 2. The summed E-state index contributed by atoms with van der Waals surface area (Å²) in [5, 5.41) is 11.7. The number of ether oxygens (including phenoxy) is 1. The number of carbonyl (C=O) groups excluding carboxylic acids is 1. The Hall–Kier alpha value is -1.12. The Bertz CT molecular complexity index is 538. The molecule has 1 aromatic carbocycles. The number of anilines is 1. The number of urea groups is 1. The molecule has 20 heavy (non-hydrogen) atoms. The number of nitrogens with zero attached hydrogens (tertiary/aromatic N) is 1. The SMILES string of the molecule is O=C(O)C1CN(C(=O)Nc2cc(Br)ccc2Br)CCO1. The molecule has 2 rings (SSSR count). The summed E-state index contributed by atoms with van der Waals surface area (Å²) in [5.74, 6) is -1.06. The average Bonchev–Trinajstić information content (AvgIpc) is 2.43. The molecule has 0 aromatic heterocycles. The molecule has 1 aliphatic heterocycles. The maximum Gasteiger partial charge on any atom is 0.334 e. The zero-order valence-electron chi connectivity index (χ0n) is 10.3. The first-order valence-electron chi connectivity index (χ1n) is 5.83. The molecule has 1 atom stereocenters. The van der Waals surface area contributed by atoms with Gasteiger partial charge in [0.05, 0.1) is 18.8 Å². The number of amides is 2. The molecule has 0 bridgehead atoms. The predicted molar refractivity (Wildman–Crippen MR) is 79.8 cm³/mol. The van der Waals surface area contributed by atoms with Crippen molar-refractivity contribution in [2.45, 2.75) is 6.10 Å². The lowest BCUT2D eigenvalue weighted by Crippen LogP contribution is -2.49. The number of morpholine rings is 1. The van der Waals surface area contributed by atoms with E-state index in [9.17, 15) is 9.59 Å². The van der Waals surface area contributed by atoms with Crippen LogP contribution in [0.4, 0.5) is 10.5 Å². The van der Waals surface area contributed by atoms with Crippen LogP contribution >= 0.6 is 31.9 Å². The molecule has 0 aliphatic carbocycles. The van der Waals surface area contributed by atoms with Crippen LogP contribution in [-0.2, 0) is 9.53 Å². The minimum Gasteiger partial charge on any atom is -0.479 e. The van der Waals surface area contributed by atoms with Crippen LogP contribution in [0.1, 0.15) is 0 Å². The van der Waals surface area contributed by atoms with Crippen molar-refractivity contribution in [3.8, 4) is 0 Å². The molecule has 0 saturated carbocycles. The zero-order valence-corrected chi connectivity index (χ0v) is 13.5. The summed E-state index contributed by atoms with van der Waals surface area (Å²) in [6.07, 6.45) is -0.972. The summed E-state index contributed by atoms with van der Waals surface area (Å²) in [6.45, 7) is 0.609. The lowest BCUT2D eigenvalue weighted by molar-refractivity contribution is -0.154. The Morgan fingerprint density at radius 2 is 2.15 bits per heavy atom. The fourth-order valence-corrected chi connectivity index (χ4v) is 2.48. The highest BCUT2D eigenvalue weighted by atomic mass is 79.9. The molecular weight excluding hydrogens is 396 g/mol. The van der Waals surface area contributed by atoms with Crippen molar-refractivity contribution < 1.29 is 19.4 Å². The van der Waals surface area contributed by atoms with Crippen LogP contribution in [0.2, 0.25) is 0 Å². The van der Waals surface area contributed by atoms with Gasteiger partial charge in [0.2, 0.25) is 0 Å². The summed E-state index contributed by atoms with van der Waals surface area (Å²) >= 11 is 6.67. The summed E-state index contributed by atoms with van der Waals surface area (Å²) in [5.41, 5.74) is 0.614. The van der Waals surface area contributed by atoms with Crippen LogP contribution in [0.15, 0.2) is 27.1 Å². The number of rotatable bonds is 2. The third-order valence-corrected chi connectivity index (χ3v) is 3.98. The Balaban J connectivity index is 2.04. The highest BCUT2D eigenvalue weighted by molar-refractivity contribution is 9.11. The monoisotopic (exact) mass is 406 g/mol. The largest absolute Gasteiger partial charge is 0.479 e. The average molecular weight is 408 g/mol. The fraction of sp³-hybridized carbons (Fsp3) is 0.333. The molecule has 0 spiro atoms. The standard InChI is InChI=1S/C12H12Br2N2O4/c13-7-1-2-8(14)9(5-7)15-12(19)16-3-4-20-10(6-16)11(17)18/h1-2,5,10H,3-4,6H2,(H,15,19)(H,17,18). The van der Waals surface area contributed by atoms with Crippen molar-refractivity contribution in [1.82, 2.24) is 4.90 Å². The van der Waals surface area contributed by atoms with Crippen molar-refractivity contribution in [2.75, 3.05) is 25.0 Å². The van der Waals surface area contributed by atoms with E-state index < -0.39 is 12.1 Å². The number of nitrogens with one attached hydrogen (secondary N) is 1. The van der Waals surface area contributed by atoms with Gasteiger partial charge in [-0.3, -0.25) is 0 Å². The van der Waals surface area contributed by atoms with Crippen molar-refractivity contribution in [3.05, 3.63) is 27.1 Å². The summed E-state index contributed by atoms with van der Waals surface area (Å²) in [6, 6.07) is 5.06. The van der Waals surface area contributed by atoms with E-state index in [-0.39, 0.29) is 19.2 Å². The van der Waals surface area contributed by atoms with E-state index in [4.69, 9.17) is 9.84 Å². The van der Waals surface area contributed by atoms with Crippen LogP contribution in [0, 0.1) is 0 Å². The van der Waals surface area contributed by atoms with E-state index >= 15 is 0 Å². The first-order chi connectivity index (χ1) is 9.47. The van der Waals surface area contributed by atoms with Gasteiger partial charge in [-0.05, 0) is 34.1 Å². The summed E-state index contributed by atoms with van der Waals surface area (Å²) in [4.78, 5) is 24.4. The van der Waals surface area contributed by atoms with E-state index in [2.05, 4.69) is 37.2 Å². The zero-order chi connectivity index (χ0) is 14.7. The smallest absolute Gasteiger partial charge is 0.334 e. The van der Waals surface area contributed by atoms with Crippen molar-refractivity contribution in [3.63, 3.8) is 0 Å². The Kier molecular flexibility index (Phi) is 5.00. The van der Waals surface area contributed by atoms with E-state index in [1.807, 2.05) is 6.07 Å². The summed E-state index contributed by atoms with van der Waals surface area (Å²) < 4.78 is 6.66. The van der Waals surface area contributed by atoms with Crippen molar-refractivity contribution >= 4 is 49.5 Å². The molecule has 108 valence electrons. The molecule has 1 heterocycles. The first-order valence-corrected chi connectivity index (χ1v) is 7.41. The number of hydrogen-bond acceptors (Lipinski definition) is 3. The van der Waals surface area contributed by atoms with Crippen molar-refractivity contribution in [1.29, 1.82) is 0 Å². The lowest BCUT2D eigenvalue weighted by Gasteiger charge is -2.31. The van der Waals surface area contributed by atoms with Gasteiger partial charge in [0.15, 0.2) is 6.10 Å². The van der Waals surface area contributed by atoms with Gasteiger partial charge in [0, 0.05) is 15.5 Å². The van der Waals surface area contributed by atoms with Crippen LogP contribution < -0.4 is 5.32 Å². The third-order valence-electron chi connectivity index (χ3n) is 2.80. The van der Waals surface area contributed by atoms with Gasteiger partial charge in [-0.1, -0.05) is 15.9 Å². The van der Waals surface area contributed by atoms with Gasteiger partial charge in [0.1, 0.15) is 0 Å². The Labute approximate surface area is 132 Å². The number of carboxylic acids is 1. The molecule has 6 nitrogen and oxygen atoms in total. The van der Waals surface area contributed by atoms with Crippen LogP contribution in [0.3, 0.4) is 0 Å². The number of halogens is 2. The van der Waals surface area contributed by atoms with Gasteiger partial charge in [-0.15, -0.1) is 0 Å². The van der Waals surface area contributed by atoms with Gasteiger partial charge in [-0.25, -0.2) is 9.59 Å². The van der Waals surface area contributed by atoms with Crippen LogP contribution in [0.5, 0.6) is 0 Å².